The molecule has 0 amide bonds. The Hall–Kier alpha value is -3.97. The van der Waals surface area contributed by atoms with E-state index in [1.165, 1.54) is 0 Å². The Morgan fingerprint density at radius 3 is 2.64 bits per heavy atom. The lowest BCUT2D eigenvalue weighted by Crippen LogP contribution is -2.24. The fourth-order valence-electron chi connectivity index (χ4n) is 4.59. The second-order valence-corrected chi connectivity index (χ2v) is 8.83. The topological polar surface area (TPSA) is 78.3 Å². The number of carbonyl (C=O) groups is 1. The molecule has 7 nitrogen and oxygen atoms in total. The summed E-state index contributed by atoms with van der Waals surface area (Å²) in [6.07, 6.45) is 11.1. The highest BCUT2D eigenvalue weighted by molar-refractivity contribution is 5.99. The number of aromatic nitrogens is 3. The normalized spacial score (nSPS) is 13.7. The van der Waals surface area contributed by atoms with Gasteiger partial charge in [0, 0.05) is 55.4 Å². The molecule has 1 atom stereocenters. The van der Waals surface area contributed by atoms with Gasteiger partial charge in [-0.3, -0.25) is 9.78 Å². The van der Waals surface area contributed by atoms with E-state index in [9.17, 15) is 4.79 Å². The number of Topliss-reactive ketones (excluding diaryl/α,β-unsaturated/α-hetero) is 1. The molecule has 0 aliphatic heterocycles. The molecule has 0 saturated heterocycles. The van der Waals surface area contributed by atoms with E-state index in [4.69, 9.17) is 9.47 Å². The minimum atomic E-state index is -0.202. The monoisotopic (exact) mass is 482 g/mol. The minimum absolute atomic E-state index is 0.202. The molecule has 1 unspecified atom stereocenters. The summed E-state index contributed by atoms with van der Waals surface area (Å²) in [5, 5.41) is 3.49. The van der Waals surface area contributed by atoms with E-state index in [1.807, 2.05) is 53.2 Å². The molecular weight excluding hydrogens is 452 g/mol. The Labute approximate surface area is 211 Å². The van der Waals surface area contributed by atoms with Gasteiger partial charge in [0.15, 0.2) is 5.78 Å². The number of ether oxygens (including phenoxy) is 2. The van der Waals surface area contributed by atoms with Gasteiger partial charge in [0.1, 0.15) is 24.2 Å². The van der Waals surface area contributed by atoms with E-state index in [0.29, 0.717) is 32.7 Å². The third-order valence-corrected chi connectivity index (χ3v) is 6.39. The number of hydrogen-bond donors (Lipinski definition) is 1. The molecule has 5 rings (SSSR count). The van der Waals surface area contributed by atoms with Gasteiger partial charge in [0.2, 0.25) is 0 Å². The second-order valence-electron chi connectivity index (χ2n) is 8.83. The first-order valence-electron chi connectivity index (χ1n) is 12.4. The quantitative estimate of drug-likeness (QED) is 0.310. The molecule has 1 aliphatic rings. The molecule has 0 bridgehead atoms. The van der Waals surface area contributed by atoms with Crippen molar-refractivity contribution in [1.82, 2.24) is 19.9 Å². The van der Waals surface area contributed by atoms with Gasteiger partial charge in [0.25, 0.3) is 0 Å². The van der Waals surface area contributed by atoms with Crippen LogP contribution in [0.1, 0.15) is 46.0 Å². The number of benzene rings is 2. The fourth-order valence-corrected chi connectivity index (χ4v) is 4.59. The summed E-state index contributed by atoms with van der Waals surface area (Å²) in [5.41, 5.74) is 4.06. The molecule has 1 N–H and O–H groups in total. The van der Waals surface area contributed by atoms with Crippen LogP contribution in [-0.2, 0) is 19.5 Å². The highest BCUT2D eigenvalue weighted by Gasteiger charge is 2.24. The lowest BCUT2D eigenvalue weighted by Gasteiger charge is -2.26. The molecule has 184 valence electrons. The third kappa shape index (κ3) is 5.80. The van der Waals surface area contributed by atoms with Crippen molar-refractivity contribution in [3.05, 3.63) is 108 Å². The molecule has 7 heteroatoms. The zero-order chi connectivity index (χ0) is 24.6. The smallest absolute Gasteiger partial charge is 0.163 e. The largest absolute Gasteiger partial charge is 0.492 e. The van der Waals surface area contributed by atoms with Crippen molar-refractivity contribution in [3.8, 4) is 11.5 Å². The summed E-state index contributed by atoms with van der Waals surface area (Å²) in [5.74, 6) is 1.81. The lowest BCUT2D eigenvalue weighted by molar-refractivity contribution is 0.0972. The van der Waals surface area contributed by atoms with Crippen molar-refractivity contribution in [2.45, 2.75) is 38.5 Å². The maximum atomic E-state index is 12.6. The van der Waals surface area contributed by atoms with Gasteiger partial charge in [-0.25, -0.2) is 4.98 Å². The van der Waals surface area contributed by atoms with Crippen LogP contribution in [0.3, 0.4) is 0 Å². The van der Waals surface area contributed by atoms with E-state index in [0.717, 1.165) is 46.6 Å². The highest BCUT2D eigenvalue weighted by Crippen LogP contribution is 2.34. The number of nitrogens with one attached hydrogen (secondary N) is 1. The van der Waals surface area contributed by atoms with Crippen LogP contribution in [0.2, 0.25) is 0 Å². The van der Waals surface area contributed by atoms with Gasteiger partial charge in [-0.15, -0.1) is 0 Å². The van der Waals surface area contributed by atoms with Crippen molar-refractivity contribution in [3.63, 3.8) is 0 Å². The van der Waals surface area contributed by atoms with Crippen LogP contribution in [0.15, 0.2) is 85.7 Å². The van der Waals surface area contributed by atoms with Gasteiger partial charge in [-0.05, 0) is 48.2 Å². The molecule has 0 saturated carbocycles. The van der Waals surface area contributed by atoms with E-state index in [-0.39, 0.29) is 11.9 Å². The number of hydrogen-bond acceptors (Lipinski definition) is 6. The zero-order valence-corrected chi connectivity index (χ0v) is 20.2. The van der Waals surface area contributed by atoms with E-state index >= 15 is 0 Å². The molecule has 36 heavy (non-hydrogen) atoms. The second kappa shape index (κ2) is 11.6. The van der Waals surface area contributed by atoms with Crippen LogP contribution in [0.4, 0.5) is 0 Å². The average molecular weight is 483 g/mol. The molecule has 2 heterocycles. The van der Waals surface area contributed by atoms with E-state index < -0.39 is 0 Å². The molecule has 0 spiro atoms. The molecule has 2 aromatic carbocycles. The lowest BCUT2D eigenvalue weighted by atomic mass is 9.86. The predicted molar refractivity (Wildman–Crippen MR) is 137 cm³/mol. The Kier molecular flexibility index (Phi) is 7.68. The number of pyridine rings is 1. The Balaban J connectivity index is 1.36. The number of carbonyl (C=O) groups excluding carboxylic acids is 1. The molecule has 4 aromatic rings. The molecule has 2 aromatic heterocycles. The first-order valence-corrected chi connectivity index (χ1v) is 12.4. The number of ketones is 1. The van der Waals surface area contributed by atoms with Gasteiger partial charge in [-0.1, -0.05) is 30.3 Å². The van der Waals surface area contributed by atoms with Crippen LogP contribution in [0, 0.1) is 0 Å². The summed E-state index contributed by atoms with van der Waals surface area (Å²) >= 11 is 0. The van der Waals surface area contributed by atoms with Crippen molar-refractivity contribution in [1.29, 1.82) is 0 Å². The number of fused-ring (bicyclic) bond motifs is 1. The maximum Gasteiger partial charge on any atom is 0.163 e. The maximum absolute atomic E-state index is 12.6. The first kappa shape index (κ1) is 23.8. The van der Waals surface area contributed by atoms with Crippen LogP contribution in [-0.4, -0.2) is 33.5 Å². The van der Waals surface area contributed by atoms with Crippen LogP contribution in [0.5, 0.6) is 11.5 Å². The van der Waals surface area contributed by atoms with E-state index in [2.05, 4.69) is 27.4 Å². The standard InChI is InChI=1S/C29H30N4O3/c34-27-8-4-7-24-25(27)9-10-28(26(24)19-31-16-18-35-23-11-13-30-14-12-23)36-29(20-33-17-15-32-21-33)22-5-2-1-3-6-22/h1-3,5-6,9-15,17,21,29,31H,4,7-8,16,18-20H2. The van der Waals surface area contributed by atoms with Crippen molar-refractivity contribution < 1.29 is 14.3 Å². The van der Waals surface area contributed by atoms with Crippen LogP contribution in [0.25, 0.3) is 0 Å². The fraction of sp³-hybridized carbons (Fsp3) is 0.276. The van der Waals surface area contributed by atoms with Gasteiger partial charge in [-0.2, -0.15) is 0 Å². The zero-order valence-electron chi connectivity index (χ0n) is 20.2. The third-order valence-electron chi connectivity index (χ3n) is 6.39. The summed E-state index contributed by atoms with van der Waals surface area (Å²) in [7, 11) is 0. The summed E-state index contributed by atoms with van der Waals surface area (Å²) in [6, 6.07) is 17.8. The summed E-state index contributed by atoms with van der Waals surface area (Å²) in [6.45, 7) is 2.42. The number of nitrogens with zero attached hydrogens (tertiary/aromatic N) is 3. The number of imidazole rings is 1. The molecule has 0 radical (unpaired) electrons. The SMILES string of the molecule is O=C1CCCc2c1ccc(OC(Cn1ccnc1)c1ccccc1)c2CNCCOc1ccncc1. The van der Waals surface area contributed by atoms with Gasteiger partial charge < -0.3 is 19.4 Å². The van der Waals surface area contributed by atoms with Gasteiger partial charge in [0.05, 0.1) is 12.9 Å². The predicted octanol–water partition coefficient (Wildman–Crippen LogP) is 4.79. The Bertz CT molecular complexity index is 1260. The van der Waals surface area contributed by atoms with Crippen molar-refractivity contribution in [2.24, 2.45) is 0 Å². The summed E-state index contributed by atoms with van der Waals surface area (Å²) < 4.78 is 14.5. The molecule has 0 fully saturated rings. The van der Waals surface area contributed by atoms with Crippen LogP contribution < -0.4 is 14.8 Å². The molecular formula is C29H30N4O3. The first-order chi connectivity index (χ1) is 17.8. The molecule has 1 aliphatic carbocycles. The number of rotatable bonds is 11. The average Bonchev–Trinajstić information content (AvgIpc) is 3.43. The Morgan fingerprint density at radius 2 is 1.83 bits per heavy atom. The van der Waals surface area contributed by atoms with Crippen LogP contribution >= 0.6 is 0 Å². The van der Waals surface area contributed by atoms with Crippen molar-refractivity contribution >= 4 is 5.78 Å². The van der Waals surface area contributed by atoms with Crippen molar-refractivity contribution in [2.75, 3.05) is 13.2 Å². The minimum Gasteiger partial charge on any atom is -0.492 e. The Morgan fingerprint density at radius 1 is 0.972 bits per heavy atom. The summed E-state index contributed by atoms with van der Waals surface area (Å²) in [4.78, 5) is 20.8. The highest BCUT2D eigenvalue weighted by atomic mass is 16.5. The van der Waals surface area contributed by atoms with E-state index in [1.54, 1.807) is 24.9 Å². The van der Waals surface area contributed by atoms with Gasteiger partial charge >= 0.3 is 0 Å².